The van der Waals surface area contributed by atoms with Crippen molar-refractivity contribution in [3.63, 3.8) is 0 Å². The SMILES string of the molecule is O=C(CC1CCCCC1)Oc1ccc(C=C2SC(=O)NC2=O)cc1Br. The molecule has 0 atom stereocenters. The molecule has 2 amide bonds. The highest BCUT2D eigenvalue weighted by Crippen LogP contribution is 2.31. The van der Waals surface area contributed by atoms with Crippen molar-refractivity contribution < 1.29 is 19.1 Å². The van der Waals surface area contributed by atoms with Gasteiger partial charge < -0.3 is 4.74 Å². The summed E-state index contributed by atoms with van der Waals surface area (Å²) in [6.45, 7) is 0. The van der Waals surface area contributed by atoms with E-state index in [4.69, 9.17) is 4.74 Å². The van der Waals surface area contributed by atoms with Crippen molar-refractivity contribution >= 4 is 50.9 Å². The molecule has 7 heteroatoms. The Balaban J connectivity index is 1.63. The first kappa shape index (κ1) is 18.2. The molecule has 0 spiro atoms. The van der Waals surface area contributed by atoms with Crippen molar-refractivity contribution in [3.05, 3.63) is 33.1 Å². The molecule has 25 heavy (non-hydrogen) atoms. The Kier molecular flexibility index (Phi) is 5.96. The minimum atomic E-state index is -0.394. The first-order chi connectivity index (χ1) is 12.0. The predicted octanol–water partition coefficient (Wildman–Crippen LogP) is 4.65. The number of hydrogen-bond donors (Lipinski definition) is 1. The Morgan fingerprint density at radius 3 is 2.68 bits per heavy atom. The third-order valence-electron chi connectivity index (χ3n) is 4.30. The number of hydrogen-bond acceptors (Lipinski definition) is 5. The number of ether oxygens (including phenoxy) is 1. The van der Waals surface area contributed by atoms with Gasteiger partial charge in [-0.25, -0.2) is 0 Å². The first-order valence-corrected chi connectivity index (χ1v) is 9.87. The highest BCUT2D eigenvalue weighted by atomic mass is 79.9. The summed E-state index contributed by atoms with van der Waals surface area (Å²) in [6.07, 6.45) is 7.93. The van der Waals surface area contributed by atoms with Crippen molar-refractivity contribution in [2.75, 3.05) is 0 Å². The minimum Gasteiger partial charge on any atom is -0.425 e. The summed E-state index contributed by atoms with van der Waals surface area (Å²) < 4.78 is 6.10. The topological polar surface area (TPSA) is 72.5 Å². The maximum absolute atomic E-state index is 12.1. The second kappa shape index (κ2) is 8.19. The van der Waals surface area contributed by atoms with Gasteiger partial charge in [-0.3, -0.25) is 19.7 Å². The number of thioether (sulfide) groups is 1. The van der Waals surface area contributed by atoms with Gasteiger partial charge in [0.1, 0.15) is 5.75 Å². The number of carbonyl (C=O) groups excluding carboxylic acids is 3. The van der Waals surface area contributed by atoms with Crippen LogP contribution in [0.5, 0.6) is 5.75 Å². The maximum atomic E-state index is 12.1. The average molecular weight is 424 g/mol. The molecule has 1 aromatic rings. The molecule has 1 aliphatic carbocycles. The monoisotopic (exact) mass is 423 g/mol. The summed E-state index contributed by atoms with van der Waals surface area (Å²) in [5, 5.41) is 1.84. The molecule has 0 aromatic heterocycles. The number of halogens is 1. The zero-order valence-electron chi connectivity index (χ0n) is 13.5. The molecule has 1 N–H and O–H groups in total. The van der Waals surface area contributed by atoms with E-state index in [1.54, 1.807) is 24.3 Å². The average Bonchev–Trinajstić information content (AvgIpc) is 2.88. The zero-order chi connectivity index (χ0) is 17.8. The van der Waals surface area contributed by atoms with Gasteiger partial charge in [-0.1, -0.05) is 25.3 Å². The van der Waals surface area contributed by atoms with Crippen LogP contribution in [0, 0.1) is 5.92 Å². The molecule has 0 bridgehead atoms. The molecule has 2 fully saturated rings. The Bertz CT molecular complexity index is 741. The van der Waals surface area contributed by atoms with E-state index in [-0.39, 0.29) is 11.2 Å². The maximum Gasteiger partial charge on any atom is 0.311 e. The molecule has 0 radical (unpaired) electrons. The fourth-order valence-electron chi connectivity index (χ4n) is 3.05. The van der Waals surface area contributed by atoms with E-state index in [1.165, 1.54) is 19.3 Å². The van der Waals surface area contributed by atoms with Crippen molar-refractivity contribution in [3.8, 4) is 5.75 Å². The summed E-state index contributed by atoms with van der Waals surface area (Å²) >= 11 is 4.27. The van der Waals surface area contributed by atoms with E-state index >= 15 is 0 Å². The number of esters is 1. The van der Waals surface area contributed by atoms with Crippen LogP contribution >= 0.6 is 27.7 Å². The molecule has 1 aliphatic heterocycles. The smallest absolute Gasteiger partial charge is 0.311 e. The van der Waals surface area contributed by atoms with Crippen LogP contribution in [-0.4, -0.2) is 17.1 Å². The number of rotatable bonds is 4. The fourth-order valence-corrected chi connectivity index (χ4v) is 4.21. The van der Waals surface area contributed by atoms with Gasteiger partial charge in [0.2, 0.25) is 0 Å². The highest BCUT2D eigenvalue weighted by Gasteiger charge is 2.25. The van der Waals surface area contributed by atoms with Crippen molar-refractivity contribution in [1.29, 1.82) is 0 Å². The number of carbonyl (C=O) groups is 3. The first-order valence-electron chi connectivity index (χ1n) is 8.26. The molecule has 1 aromatic carbocycles. The largest absolute Gasteiger partial charge is 0.425 e. The highest BCUT2D eigenvalue weighted by molar-refractivity contribution is 9.10. The van der Waals surface area contributed by atoms with Crippen LogP contribution in [0.3, 0.4) is 0 Å². The second-order valence-electron chi connectivity index (χ2n) is 6.22. The predicted molar refractivity (Wildman–Crippen MR) is 100 cm³/mol. The van der Waals surface area contributed by atoms with Gasteiger partial charge in [-0.2, -0.15) is 0 Å². The van der Waals surface area contributed by atoms with Gasteiger partial charge in [-0.15, -0.1) is 0 Å². The summed E-state index contributed by atoms with van der Waals surface area (Å²) in [7, 11) is 0. The van der Waals surface area contributed by atoms with Crippen LogP contribution in [-0.2, 0) is 9.59 Å². The van der Waals surface area contributed by atoms with Crippen LogP contribution < -0.4 is 10.1 Å². The fraction of sp³-hybridized carbons (Fsp3) is 0.389. The van der Waals surface area contributed by atoms with Gasteiger partial charge in [-0.05, 0) is 70.2 Å². The Labute approximate surface area is 158 Å². The minimum absolute atomic E-state index is 0.213. The quantitative estimate of drug-likeness (QED) is 0.433. The van der Waals surface area contributed by atoms with E-state index in [2.05, 4.69) is 21.2 Å². The Morgan fingerprint density at radius 1 is 1.28 bits per heavy atom. The van der Waals surface area contributed by atoms with Gasteiger partial charge in [0.15, 0.2) is 0 Å². The standard InChI is InChI=1S/C18H18BrNO4S/c19-13-8-12(9-15-17(22)20-18(23)25-15)6-7-14(13)24-16(21)10-11-4-2-1-3-5-11/h6-9,11H,1-5,10H2,(H,20,22,23). The summed E-state index contributed by atoms with van der Waals surface area (Å²) in [6, 6.07) is 5.19. The van der Waals surface area contributed by atoms with Gasteiger partial charge in [0.05, 0.1) is 9.38 Å². The van der Waals surface area contributed by atoms with Crippen LogP contribution in [0.15, 0.2) is 27.6 Å². The van der Waals surface area contributed by atoms with Crippen molar-refractivity contribution in [2.45, 2.75) is 38.5 Å². The molecule has 3 rings (SSSR count). The van der Waals surface area contributed by atoms with E-state index in [1.807, 2.05) is 0 Å². The number of nitrogens with one attached hydrogen (secondary N) is 1. The molecule has 1 heterocycles. The van der Waals surface area contributed by atoms with Crippen LogP contribution in [0.4, 0.5) is 4.79 Å². The van der Waals surface area contributed by atoms with E-state index in [9.17, 15) is 14.4 Å². The lowest BCUT2D eigenvalue weighted by Crippen LogP contribution is -2.17. The van der Waals surface area contributed by atoms with E-state index in [0.29, 0.717) is 27.5 Å². The van der Waals surface area contributed by atoms with Crippen LogP contribution in [0.1, 0.15) is 44.1 Å². The third kappa shape index (κ3) is 4.95. The normalized spacial score (nSPS) is 20.0. The van der Waals surface area contributed by atoms with E-state index in [0.717, 1.165) is 30.2 Å². The van der Waals surface area contributed by atoms with Gasteiger partial charge >= 0.3 is 5.97 Å². The molecule has 5 nitrogen and oxygen atoms in total. The lowest BCUT2D eigenvalue weighted by atomic mass is 9.87. The lowest BCUT2D eigenvalue weighted by molar-refractivity contribution is -0.135. The van der Waals surface area contributed by atoms with Crippen LogP contribution in [0.2, 0.25) is 0 Å². The molecule has 132 valence electrons. The van der Waals surface area contributed by atoms with E-state index < -0.39 is 5.91 Å². The Hall–Kier alpha value is -1.60. The Morgan fingerprint density at radius 2 is 2.04 bits per heavy atom. The summed E-state index contributed by atoms with van der Waals surface area (Å²) in [5.74, 6) is 0.283. The molecule has 1 saturated heterocycles. The number of amides is 2. The second-order valence-corrected chi connectivity index (χ2v) is 8.09. The summed E-state index contributed by atoms with van der Waals surface area (Å²) in [4.78, 5) is 35.2. The number of imide groups is 1. The zero-order valence-corrected chi connectivity index (χ0v) is 16.0. The molecule has 0 unspecified atom stereocenters. The number of benzene rings is 1. The third-order valence-corrected chi connectivity index (χ3v) is 5.73. The lowest BCUT2D eigenvalue weighted by Gasteiger charge is -2.20. The van der Waals surface area contributed by atoms with Gasteiger partial charge in [0.25, 0.3) is 11.1 Å². The van der Waals surface area contributed by atoms with Crippen LogP contribution in [0.25, 0.3) is 6.08 Å². The van der Waals surface area contributed by atoms with Crippen molar-refractivity contribution in [1.82, 2.24) is 5.32 Å². The molecule has 1 saturated carbocycles. The van der Waals surface area contributed by atoms with Crippen molar-refractivity contribution in [2.24, 2.45) is 5.92 Å². The summed E-state index contributed by atoms with van der Waals surface area (Å²) in [5.41, 5.74) is 0.742. The molecular formula is C18H18BrNO4S. The van der Waals surface area contributed by atoms with Gasteiger partial charge in [0, 0.05) is 6.42 Å². The molecule has 2 aliphatic rings. The molecular weight excluding hydrogens is 406 g/mol.